The van der Waals surface area contributed by atoms with Crippen LogP contribution in [0, 0.1) is 0 Å². The molecular weight excluding hydrogens is 228 g/mol. The fourth-order valence-corrected chi connectivity index (χ4v) is 1.58. The summed E-state index contributed by atoms with van der Waals surface area (Å²) in [5, 5.41) is 6.03. The summed E-state index contributed by atoms with van der Waals surface area (Å²) < 4.78 is 5.48. The van der Waals surface area contributed by atoms with Crippen molar-refractivity contribution in [3.05, 3.63) is 24.3 Å². The first kappa shape index (κ1) is 12.9. The Morgan fingerprint density at radius 3 is 2.67 bits per heavy atom. The highest BCUT2D eigenvalue weighted by atomic mass is 16.5. The molecule has 1 saturated carbocycles. The van der Waals surface area contributed by atoms with Gasteiger partial charge in [0.2, 0.25) is 5.91 Å². The molecule has 0 heterocycles. The molecule has 0 saturated heterocycles. The van der Waals surface area contributed by atoms with Gasteiger partial charge in [0.05, 0.1) is 13.2 Å². The van der Waals surface area contributed by atoms with E-state index in [1.54, 1.807) is 0 Å². The molecule has 1 aliphatic carbocycles. The van der Waals surface area contributed by atoms with Crippen molar-refractivity contribution in [3.8, 4) is 5.75 Å². The Bertz CT molecular complexity index is 385. The SMILES string of the molecule is CCCOc1ccc(NC(=O)CNC2CC2)cc1. The van der Waals surface area contributed by atoms with Crippen molar-refractivity contribution in [1.29, 1.82) is 0 Å². The smallest absolute Gasteiger partial charge is 0.238 e. The minimum Gasteiger partial charge on any atom is -0.494 e. The van der Waals surface area contributed by atoms with E-state index in [1.807, 2.05) is 24.3 Å². The summed E-state index contributed by atoms with van der Waals surface area (Å²) >= 11 is 0. The molecule has 1 fully saturated rings. The van der Waals surface area contributed by atoms with Crippen molar-refractivity contribution in [2.75, 3.05) is 18.5 Å². The van der Waals surface area contributed by atoms with Crippen LogP contribution in [0.5, 0.6) is 5.75 Å². The zero-order valence-corrected chi connectivity index (χ0v) is 10.7. The lowest BCUT2D eigenvalue weighted by atomic mass is 10.3. The Labute approximate surface area is 108 Å². The van der Waals surface area contributed by atoms with Crippen LogP contribution in [-0.2, 0) is 4.79 Å². The molecule has 2 N–H and O–H groups in total. The highest BCUT2D eigenvalue weighted by Crippen LogP contribution is 2.18. The van der Waals surface area contributed by atoms with Crippen LogP contribution < -0.4 is 15.4 Å². The summed E-state index contributed by atoms with van der Waals surface area (Å²) in [5.41, 5.74) is 0.807. The molecule has 18 heavy (non-hydrogen) atoms. The Balaban J connectivity index is 1.75. The van der Waals surface area contributed by atoms with Gasteiger partial charge in [-0.2, -0.15) is 0 Å². The largest absolute Gasteiger partial charge is 0.494 e. The molecule has 0 spiro atoms. The van der Waals surface area contributed by atoms with E-state index in [1.165, 1.54) is 12.8 Å². The minimum absolute atomic E-state index is 0.00382. The second kappa shape index (κ2) is 6.40. The van der Waals surface area contributed by atoms with Crippen LogP contribution in [0.1, 0.15) is 26.2 Å². The molecule has 0 atom stereocenters. The average molecular weight is 248 g/mol. The van der Waals surface area contributed by atoms with Gasteiger partial charge in [0.25, 0.3) is 0 Å². The molecule has 1 aromatic rings. The predicted octanol–water partition coefficient (Wildman–Crippen LogP) is 2.17. The summed E-state index contributed by atoms with van der Waals surface area (Å²) in [5.74, 6) is 0.843. The molecule has 1 aromatic carbocycles. The molecular formula is C14H20N2O2. The van der Waals surface area contributed by atoms with Crippen molar-refractivity contribution >= 4 is 11.6 Å². The Hall–Kier alpha value is -1.55. The molecule has 0 bridgehead atoms. The zero-order valence-electron chi connectivity index (χ0n) is 10.7. The number of amides is 1. The van der Waals surface area contributed by atoms with Gasteiger partial charge in [-0.05, 0) is 43.5 Å². The van der Waals surface area contributed by atoms with Crippen LogP contribution in [0.15, 0.2) is 24.3 Å². The number of ether oxygens (including phenoxy) is 1. The highest BCUT2D eigenvalue weighted by molar-refractivity contribution is 5.92. The summed E-state index contributed by atoms with van der Waals surface area (Å²) in [4.78, 5) is 11.6. The second-order valence-corrected chi connectivity index (χ2v) is 4.58. The van der Waals surface area contributed by atoms with Crippen molar-refractivity contribution in [3.63, 3.8) is 0 Å². The zero-order chi connectivity index (χ0) is 12.8. The van der Waals surface area contributed by atoms with Gasteiger partial charge in [0.15, 0.2) is 0 Å². The molecule has 4 nitrogen and oxygen atoms in total. The highest BCUT2D eigenvalue weighted by Gasteiger charge is 2.21. The number of anilines is 1. The van der Waals surface area contributed by atoms with Gasteiger partial charge in [-0.1, -0.05) is 6.92 Å². The molecule has 1 aliphatic rings. The first-order chi connectivity index (χ1) is 8.78. The lowest BCUT2D eigenvalue weighted by Crippen LogP contribution is -2.29. The molecule has 4 heteroatoms. The normalized spacial score (nSPS) is 14.3. The Morgan fingerprint density at radius 2 is 2.06 bits per heavy atom. The number of benzene rings is 1. The number of rotatable bonds is 7. The van der Waals surface area contributed by atoms with Gasteiger partial charge < -0.3 is 15.4 Å². The van der Waals surface area contributed by atoms with Gasteiger partial charge in [0, 0.05) is 11.7 Å². The van der Waals surface area contributed by atoms with Crippen LogP contribution in [-0.4, -0.2) is 25.1 Å². The van der Waals surface area contributed by atoms with Gasteiger partial charge in [-0.3, -0.25) is 4.79 Å². The fourth-order valence-electron chi connectivity index (χ4n) is 1.58. The van der Waals surface area contributed by atoms with E-state index in [0.29, 0.717) is 12.6 Å². The van der Waals surface area contributed by atoms with Gasteiger partial charge in [-0.25, -0.2) is 0 Å². The fraction of sp³-hybridized carbons (Fsp3) is 0.500. The lowest BCUT2D eigenvalue weighted by molar-refractivity contribution is -0.115. The first-order valence-electron chi connectivity index (χ1n) is 6.54. The van der Waals surface area contributed by atoms with E-state index in [4.69, 9.17) is 4.74 Å². The number of carbonyl (C=O) groups excluding carboxylic acids is 1. The maximum atomic E-state index is 11.6. The standard InChI is InChI=1S/C14H20N2O2/c1-2-9-18-13-7-5-12(6-8-13)16-14(17)10-15-11-3-4-11/h5-8,11,15H,2-4,9-10H2,1H3,(H,16,17). The number of hydrogen-bond acceptors (Lipinski definition) is 3. The molecule has 0 aromatic heterocycles. The number of nitrogens with one attached hydrogen (secondary N) is 2. The van der Waals surface area contributed by atoms with Crippen molar-refractivity contribution in [1.82, 2.24) is 5.32 Å². The van der Waals surface area contributed by atoms with Gasteiger partial charge in [0.1, 0.15) is 5.75 Å². The van der Waals surface area contributed by atoms with Crippen molar-refractivity contribution in [2.45, 2.75) is 32.2 Å². The topological polar surface area (TPSA) is 50.4 Å². The third-order valence-corrected chi connectivity index (χ3v) is 2.74. The molecule has 2 rings (SSSR count). The second-order valence-electron chi connectivity index (χ2n) is 4.58. The van der Waals surface area contributed by atoms with E-state index in [0.717, 1.165) is 24.5 Å². The summed E-state index contributed by atoms with van der Waals surface area (Å²) in [6.07, 6.45) is 3.37. The Kier molecular flexibility index (Phi) is 4.59. The molecule has 98 valence electrons. The summed E-state index contributed by atoms with van der Waals surface area (Å²) in [6, 6.07) is 8.03. The first-order valence-corrected chi connectivity index (χ1v) is 6.54. The van der Waals surface area contributed by atoms with Crippen LogP contribution in [0.2, 0.25) is 0 Å². The number of carbonyl (C=O) groups is 1. The molecule has 0 aliphatic heterocycles. The molecule has 0 radical (unpaired) electrons. The minimum atomic E-state index is 0.00382. The predicted molar refractivity (Wildman–Crippen MR) is 71.9 cm³/mol. The summed E-state index contributed by atoms with van der Waals surface area (Å²) in [7, 11) is 0. The third-order valence-electron chi connectivity index (χ3n) is 2.74. The molecule has 0 unspecified atom stereocenters. The average Bonchev–Trinajstić information content (AvgIpc) is 3.20. The van der Waals surface area contributed by atoms with E-state index >= 15 is 0 Å². The van der Waals surface area contributed by atoms with Crippen molar-refractivity contribution < 1.29 is 9.53 Å². The molecule has 1 amide bonds. The van der Waals surface area contributed by atoms with E-state index in [2.05, 4.69) is 17.6 Å². The Morgan fingerprint density at radius 1 is 1.33 bits per heavy atom. The van der Waals surface area contributed by atoms with Crippen LogP contribution in [0.25, 0.3) is 0 Å². The number of hydrogen-bond donors (Lipinski definition) is 2. The van der Waals surface area contributed by atoms with Gasteiger partial charge in [-0.15, -0.1) is 0 Å². The van der Waals surface area contributed by atoms with E-state index < -0.39 is 0 Å². The quantitative estimate of drug-likeness (QED) is 0.777. The van der Waals surface area contributed by atoms with Crippen LogP contribution >= 0.6 is 0 Å². The maximum absolute atomic E-state index is 11.6. The van der Waals surface area contributed by atoms with Gasteiger partial charge >= 0.3 is 0 Å². The van der Waals surface area contributed by atoms with Crippen LogP contribution in [0.3, 0.4) is 0 Å². The van der Waals surface area contributed by atoms with Crippen molar-refractivity contribution in [2.24, 2.45) is 0 Å². The third kappa shape index (κ3) is 4.37. The van der Waals surface area contributed by atoms with E-state index in [9.17, 15) is 4.79 Å². The van der Waals surface area contributed by atoms with Crippen LogP contribution in [0.4, 0.5) is 5.69 Å². The maximum Gasteiger partial charge on any atom is 0.238 e. The van der Waals surface area contributed by atoms with E-state index in [-0.39, 0.29) is 5.91 Å². The summed E-state index contributed by atoms with van der Waals surface area (Å²) in [6.45, 7) is 3.18. The lowest BCUT2D eigenvalue weighted by Gasteiger charge is -2.08. The monoisotopic (exact) mass is 248 g/mol.